The Morgan fingerprint density at radius 1 is 1.00 bits per heavy atom. The number of aliphatic hydroxyl groups is 1. The molecule has 3 fully saturated rings. The quantitative estimate of drug-likeness (QED) is 0.140. The SMILES string of the molecule is C=CCCC(=O)N[C@H](COC)[C@H](OC(=O)[C@@H]1[C@H]2C(=O)N([C@H](CO)c3ccccc3)[C@H](C(=O)N(CC=C)c3c(C)cccc3C)[C@]23CC[C@H]1O3)c1ccccc1. The van der Waals surface area contributed by atoms with Crippen molar-refractivity contribution in [1.82, 2.24) is 10.2 Å². The van der Waals surface area contributed by atoms with Gasteiger partial charge in [0.2, 0.25) is 11.8 Å². The molecule has 290 valence electrons. The van der Waals surface area contributed by atoms with Gasteiger partial charge in [0.15, 0.2) is 0 Å². The topological polar surface area (TPSA) is 135 Å². The van der Waals surface area contributed by atoms with Crippen LogP contribution in [-0.2, 0) is 33.4 Å². The molecular weight excluding hydrogens is 698 g/mol. The molecule has 3 aliphatic rings. The maximum absolute atomic E-state index is 15.3. The monoisotopic (exact) mass is 749 g/mol. The number of hydrogen-bond donors (Lipinski definition) is 2. The van der Waals surface area contributed by atoms with E-state index in [-0.39, 0.29) is 31.4 Å². The summed E-state index contributed by atoms with van der Waals surface area (Å²) in [6, 6.07) is 21.1. The van der Waals surface area contributed by atoms with Crippen molar-refractivity contribution in [1.29, 1.82) is 0 Å². The summed E-state index contributed by atoms with van der Waals surface area (Å²) < 4.78 is 18.7. The predicted octanol–water partition coefficient (Wildman–Crippen LogP) is 5.31. The van der Waals surface area contributed by atoms with Gasteiger partial charge in [-0.15, -0.1) is 13.2 Å². The Kier molecular flexibility index (Phi) is 12.3. The van der Waals surface area contributed by atoms with Crippen LogP contribution in [0.4, 0.5) is 5.69 Å². The van der Waals surface area contributed by atoms with E-state index < -0.39 is 66.3 Å². The number of fused-ring (bicyclic) bond motifs is 1. The molecule has 0 radical (unpaired) electrons. The second-order valence-corrected chi connectivity index (χ2v) is 14.6. The Morgan fingerprint density at radius 2 is 1.65 bits per heavy atom. The average molecular weight is 750 g/mol. The first-order valence-electron chi connectivity index (χ1n) is 18.9. The molecule has 3 amide bonds. The Hall–Kier alpha value is -5.10. The van der Waals surface area contributed by atoms with Crippen LogP contribution < -0.4 is 10.2 Å². The zero-order chi connectivity index (χ0) is 39.3. The van der Waals surface area contributed by atoms with Crippen LogP contribution in [0.3, 0.4) is 0 Å². The molecule has 1 spiro atoms. The van der Waals surface area contributed by atoms with Crippen LogP contribution in [0, 0.1) is 25.7 Å². The van der Waals surface area contributed by atoms with E-state index in [1.807, 2.05) is 80.6 Å². The molecule has 0 aliphatic carbocycles. The van der Waals surface area contributed by atoms with Crippen LogP contribution in [0.1, 0.15) is 60.1 Å². The van der Waals surface area contributed by atoms with Crippen LogP contribution in [0.2, 0.25) is 0 Å². The number of esters is 1. The van der Waals surface area contributed by atoms with Crippen molar-refractivity contribution in [3.8, 4) is 0 Å². The highest BCUT2D eigenvalue weighted by Gasteiger charge is 2.76. The molecule has 2 bridgehead atoms. The molecule has 6 rings (SSSR count). The number of likely N-dealkylation sites (tertiary alicyclic amines) is 1. The molecule has 3 aromatic carbocycles. The van der Waals surface area contributed by atoms with Gasteiger partial charge in [0, 0.05) is 25.8 Å². The van der Waals surface area contributed by atoms with Crippen molar-refractivity contribution in [2.24, 2.45) is 11.8 Å². The van der Waals surface area contributed by atoms with Gasteiger partial charge in [0.05, 0.1) is 43.2 Å². The molecule has 3 saturated heterocycles. The van der Waals surface area contributed by atoms with Gasteiger partial charge in [-0.05, 0) is 55.4 Å². The van der Waals surface area contributed by atoms with E-state index in [1.165, 1.54) is 12.0 Å². The van der Waals surface area contributed by atoms with Gasteiger partial charge in [0.1, 0.15) is 17.7 Å². The maximum Gasteiger partial charge on any atom is 0.313 e. The summed E-state index contributed by atoms with van der Waals surface area (Å²) in [4.78, 5) is 61.2. The number of hydrogen-bond acceptors (Lipinski definition) is 8. The van der Waals surface area contributed by atoms with Crippen molar-refractivity contribution in [3.05, 3.63) is 126 Å². The fraction of sp³-hybridized carbons (Fsp3) is 0.409. The van der Waals surface area contributed by atoms with Gasteiger partial charge >= 0.3 is 5.97 Å². The predicted molar refractivity (Wildman–Crippen MR) is 208 cm³/mol. The van der Waals surface area contributed by atoms with Crippen molar-refractivity contribution in [3.63, 3.8) is 0 Å². The van der Waals surface area contributed by atoms with Crippen molar-refractivity contribution in [2.75, 3.05) is 31.8 Å². The second kappa shape index (κ2) is 17.1. The van der Waals surface area contributed by atoms with Gasteiger partial charge in [-0.3, -0.25) is 19.2 Å². The molecule has 3 aliphatic heterocycles. The number of methoxy groups -OCH3 is 1. The molecule has 11 nitrogen and oxygen atoms in total. The number of aliphatic hydroxyl groups excluding tert-OH is 1. The summed E-state index contributed by atoms with van der Waals surface area (Å²) in [6.45, 7) is 11.2. The Bertz CT molecular complexity index is 1870. The average Bonchev–Trinajstić information content (AvgIpc) is 3.84. The van der Waals surface area contributed by atoms with Gasteiger partial charge in [0.25, 0.3) is 5.91 Å². The number of allylic oxidation sites excluding steroid dienone is 1. The fourth-order valence-corrected chi connectivity index (χ4v) is 8.93. The molecule has 0 unspecified atom stereocenters. The molecular formula is C44H51N3O8. The highest BCUT2D eigenvalue weighted by molar-refractivity contribution is 6.05. The highest BCUT2D eigenvalue weighted by atomic mass is 16.6. The number of aryl methyl sites for hydroxylation is 2. The Balaban J connectivity index is 1.42. The number of benzene rings is 3. The first-order valence-corrected chi connectivity index (χ1v) is 18.9. The number of anilines is 1. The number of carbonyl (C=O) groups is 4. The van der Waals surface area contributed by atoms with Crippen molar-refractivity contribution < 1.29 is 38.5 Å². The molecule has 3 aromatic rings. The van der Waals surface area contributed by atoms with E-state index in [4.69, 9.17) is 14.2 Å². The van der Waals surface area contributed by atoms with Crippen LogP contribution in [0.15, 0.2) is 104 Å². The largest absolute Gasteiger partial charge is 0.455 e. The zero-order valence-electron chi connectivity index (χ0n) is 31.8. The molecule has 55 heavy (non-hydrogen) atoms. The van der Waals surface area contributed by atoms with Crippen LogP contribution in [0.5, 0.6) is 0 Å². The number of rotatable bonds is 17. The number of para-hydroxylation sites is 1. The highest BCUT2D eigenvalue weighted by Crippen LogP contribution is 2.60. The minimum atomic E-state index is -1.38. The van der Waals surface area contributed by atoms with Crippen LogP contribution >= 0.6 is 0 Å². The van der Waals surface area contributed by atoms with Gasteiger partial charge in [-0.25, -0.2) is 0 Å². The van der Waals surface area contributed by atoms with Gasteiger partial charge < -0.3 is 34.4 Å². The minimum Gasteiger partial charge on any atom is -0.455 e. The van der Waals surface area contributed by atoms with E-state index in [9.17, 15) is 14.7 Å². The fourth-order valence-electron chi connectivity index (χ4n) is 8.93. The number of carbonyl (C=O) groups excluding carboxylic acids is 4. The van der Waals surface area contributed by atoms with Crippen LogP contribution in [-0.4, -0.2) is 84.4 Å². The van der Waals surface area contributed by atoms with E-state index in [2.05, 4.69) is 18.5 Å². The first-order chi connectivity index (χ1) is 26.6. The second-order valence-electron chi connectivity index (χ2n) is 14.6. The lowest BCUT2D eigenvalue weighted by molar-refractivity contribution is -0.163. The number of nitrogens with zero attached hydrogens (tertiary/aromatic N) is 2. The maximum atomic E-state index is 15.3. The summed E-state index contributed by atoms with van der Waals surface area (Å²) in [5.41, 5.74) is 2.33. The lowest BCUT2D eigenvalue weighted by Crippen LogP contribution is -2.57. The summed E-state index contributed by atoms with van der Waals surface area (Å²) in [7, 11) is 1.50. The minimum absolute atomic E-state index is 0.0423. The van der Waals surface area contributed by atoms with Crippen LogP contribution in [0.25, 0.3) is 0 Å². The summed E-state index contributed by atoms with van der Waals surface area (Å²) in [6.07, 6.45) is 3.05. The van der Waals surface area contributed by atoms with Crippen molar-refractivity contribution >= 4 is 29.4 Å². The van der Waals surface area contributed by atoms with E-state index in [0.29, 0.717) is 36.1 Å². The number of nitrogens with one attached hydrogen (secondary N) is 1. The third-order valence-electron chi connectivity index (χ3n) is 11.2. The smallest absolute Gasteiger partial charge is 0.313 e. The van der Waals surface area contributed by atoms with Gasteiger partial charge in [-0.2, -0.15) is 0 Å². The third kappa shape index (κ3) is 7.48. The number of ether oxygens (including phenoxy) is 3. The molecule has 3 heterocycles. The molecule has 11 heteroatoms. The lowest BCUT2D eigenvalue weighted by atomic mass is 9.70. The van der Waals surface area contributed by atoms with Gasteiger partial charge in [-0.1, -0.05) is 91.0 Å². The molecule has 0 aromatic heterocycles. The summed E-state index contributed by atoms with van der Waals surface area (Å²) >= 11 is 0. The van der Waals surface area contributed by atoms with E-state index in [1.54, 1.807) is 29.2 Å². The molecule has 0 saturated carbocycles. The van der Waals surface area contributed by atoms with Crippen molar-refractivity contribution in [2.45, 2.75) is 75.5 Å². The molecule has 8 atom stereocenters. The summed E-state index contributed by atoms with van der Waals surface area (Å²) in [5.74, 6) is -3.92. The molecule has 2 N–H and O–H groups in total. The van der Waals surface area contributed by atoms with E-state index >= 15 is 9.59 Å². The Labute approximate surface area is 322 Å². The Morgan fingerprint density at radius 3 is 2.25 bits per heavy atom. The standard InChI is InChI=1S/C44H51N3O8/c1-6-8-22-35(49)45-32(27-53-5)39(31-20-13-10-14-21-31)54-43(52)36-34-23-24-44(55-34)37(36)41(50)47(33(26-48)30-18-11-9-12-19-30)40(44)42(51)46(25-7-2)38-28(3)16-15-17-29(38)4/h6-7,9-21,32-34,36-37,39-40,48H,1-2,8,22-27H2,3-5H3,(H,45,49)/t32-,33-,34-,36+,37+,39-,40-,44+/m1/s1. The number of amides is 3. The first kappa shape index (κ1) is 39.6. The zero-order valence-corrected chi connectivity index (χ0v) is 31.8. The summed E-state index contributed by atoms with van der Waals surface area (Å²) in [5, 5.41) is 13.9. The third-order valence-corrected chi connectivity index (χ3v) is 11.2. The normalized spacial score (nSPS) is 24.1. The van der Waals surface area contributed by atoms with E-state index in [0.717, 1.165) is 11.1 Å². The lowest BCUT2D eigenvalue weighted by Gasteiger charge is -2.40.